The number of phenolic OH excluding ortho intramolecular Hbond substituents is 1. The van der Waals surface area contributed by atoms with Crippen molar-refractivity contribution < 1.29 is 42.2 Å². The van der Waals surface area contributed by atoms with Crippen LogP contribution in [0.4, 0.5) is 18.9 Å². The number of nitrogens with zero attached hydrogens (tertiary/aromatic N) is 1. The SMILES string of the molecule is CC1=CC(=O)C2=C(C[C@@H]3C(=CC[C@@H]4C(=O)N(c5ccccc5)C(=O)[C@@H]43)[C@@H]2c2cc(OC(F)(F)F)ccc2O)C1=O. The highest BCUT2D eigenvalue weighted by molar-refractivity contribution is 6.25. The van der Waals surface area contributed by atoms with Gasteiger partial charge in [-0.25, -0.2) is 0 Å². The van der Waals surface area contributed by atoms with Crippen molar-refractivity contribution in [2.24, 2.45) is 17.8 Å². The Kier molecular flexibility index (Phi) is 5.83. The predicted molar refractivity (Wildman–Crippen MR) is 135 cm³/mol. The Morgan fingerprint density at radius 1 is 0.975 bits per heavy atom. The molecule has 3 aliphatic carbocycles. The lowest BCUT2D eigenvalue weighted by Gasteiger charge is -2.42. The molecule has 2 aromatic carbocycles. The van der Waals surface area contributed by atoms with Gasteiger partial charge in [-0.1, -0.05) is 29.8 Å². The van der Waals surface area contributed by atoms with Crippen LogP contribution in [-0.2, 0) is 19.2 Å². The number of carbonyl (C=O) groups is 4. The lowest BCUT2D eigenvalue weighted by Crippen LogP contribution is -2.39. The molecule has 0 aromatic heterocycles. The molecule has 0 saturated carbocycles. The van der Waals surface area contributed by atoms with Crippen LogP contribution in [0.15, 0.2) is 83.0 Å². The summed E-state index contributed by atoms with van der Waals surface area (Å²) < 4.78 is 43.2. The van der Waals surface area contributed by atoms with Crippen molar-refractivity contribution in [2.45, 2.75) is 32.0 Å². The summed E-state index contributed by atoms with van der Waals surface area (Å²) in [5.41, 5.74) is 1.24. The van der Waals surface area contributed by atoms with Crippen LogP contribution in [0.25, 0.3) is 0 Å². The van der Waals surface area contributed by atoms with Gasteiger partial charge in [-0.15, -0.1) is 13.2 Å². The van der Waals surface area contributed by atoms with Crippen molar-refractivity contribution >= 4 is 29.1 Å². The van der Waals surface area contributed by atoms with E-state index in [1.807, 2.05) is 0 Å². The Morgan fingerprint density at radius 2 is 1.70 bits per heavy atom. The van der Waals surface area contributed by atoms with Crippen molar-refractivity contribution in [1.82, 2.24) is 0 Å². The number of allylic oxidation sites excluding steroid dienone is 6. The number of hydrogen-bond donors (Lipinski definition) is 1. The van der Waals surface area contributed by atoms with Gasteiger partial charge in [-0.3, -0.25) is 24.1 Å². The molecule has 4 atom stereocenters. The van der Waals surface area contributed by atoms with Crippen LogP contribution in [0, 0.1) is 17.8 Å². The minimum Gasteiger partial charge on any atom is -0.508 e. The number of phenols is 1. The van der Waals surface area contributed by atoms with E-state index in [0.717, 1.165) is 23.1 Å². The maximum absolute atomic E-state index is 13.8. The van der Waals surface area contributed by atoms with Gasteiger partial charge in [0.05, 0.1) is 17.5 Å². The summed E-state index contributed by atoms with van der Waals surface area (Å²) in [6.45, 7) is 1.49. The first-order valence-electron chi connectivity index (χ1n) is 12.7. The number of ketones is 2. The van der Waals surface area contributed by atoms with Crippen LogP contribution < -0.4 is 9.64 Å². The van der Waals surface area contributed by atoms with Gasteiger partial charge in [0.15, 0.2) is 11.6 Å². The molecular weight excluding hydrogens is 527 g/mol. The minimum absolute atomic E-state index is 0.00966. The van der Waals surface area contributed by atoms with Crippen molar-refractivity contribution in [2.75, 3.05) is 4.90 Å². The summed E-state index contributed by atoms with van der Waals surface area (Å²) in [7, 11) is 0. The second kappa shape index (κ2) is 9.04. The van der Waals surface area contributed by atoms with Gasteiger partial charge >= 0.3 is 6.36 Å². The molecule has 1 heterocycles. The molecule has 0 bridgehead atoms. The van der Waals surface area contributed by atoms with E-state index in [-0.39, 0.29) is 41.0 Å². The highest BCUT2D eigenvalue weighted by Crippen LogP contribution is 2.56. The third kappa shape index (κ3) is 3.97. The molecule has 6 rings (SSSR count). The number of fused-ring (bicyclic) bond motifs is 3. The number of halogens is 3. The number of para-hydroxylation sites is 1. The second-order valence-electron chi connectivity index (χ2n) is 10.3. The highest BCUT2D eigenvalue weighted by Gasteiger charge is 2.56. The van der Waals surface area contributed by atoms with Crippen LogP contribution in [0.5, 0.6) is 11.5 Å². The van der Waals surface area contributed by atoms with E-state index >= 15 is 0 Å². The van der Waals surface area contributed by atoms with Gasteiger partial charge in [-0.05, 0) is 62.1 Å². The number of hydrogen-bond acceptors (Lipinski definition) is 6. The first kappa shape index (κ1) is 25.8. The number of aromatic hydroxyl groups is 1. The summed E-state index contributed by atoms with van der Waals surface area (Å²) in [6, 6.07) is 11.4. The smallest absolute Gasteiger partial charge is 0.508 e. The van der Waals surface area contributed by atoms with E-state index in [0.29, 0.717) is 11.3 Å². The maximum Gasteiger partial charge on any atom is 0.573 e. The minimum atomic E-state index is -5.00. The number of ether oxygens (including phenoxy) is 1. The average molecular weight is 550 g/mol. The number of carbonyl (C=O) groups excluding carboxylic acids is 4. The van der Waals surface area contributed by atoms with E-state index in [9.17, 15) is 37.5 Å². The third-order valence-electron chi connectivity index (χ3n) is 8.12. The van der Waals surface area contributed by atoms with Gasteiger partial charge in [-0.2, -0.15) is 0 Å². The molecule has 1 fully saturated rings. The molecule has 2 amide bonds. The number of imide groups is 1. The van der Waals surface area contributed by atoms with Crippen LogP contribution in [0.1, 0.15) is 31.2 Å². The molecule has 40 heavy (non-hydrogen) atoms. The number of benzene rings is 2. The summed E-state index contributed by atoms with van der Waals surface area (Å²) in [5, 5.41) is 10.8. The molecule has 1 saturated heterocycles. The van der Waals surface area contributed by atoms with Crippen molar-refractivity contribution in [1.29, 1.82) is 0 Å². The first-order valence-corrected chi connectivity index (χ1v) is 12.7. The van der Waals surface area contributed by atoms with Crippen LogP contribution in [0.2, 0.25) is 0 Å². The maximum atomic E-state index is 13.8. The number of rotatable bonds is 3. The fourth-order valence-electron chi connectivity index (χ4n) is 6.53. The first-order chi connectivity index (χ1) is 19.0. The van der Waals surface area contributed by atoms with E-state index < -0.39 is 59.0 Å². The quantitative estimate of drug-likeness (QED) is 0.331. The van der Waals surface area contributed by atoms with Crippen LogP contribution in [0.3, 0.4) is 0 Å². The fraction of sp³-hybridized carbons (Fsp3) is 0.267. The Labute approximate surface area is 226 Å². The molecule has 10 heteroatoms. The Morgan fingerprint density at radius 3 is 2.40 bits per heavy atom. The lowest BCUT2D eigenvalue weighted by molar-refractivity contribution is -0.274. The molecule has 4 aliphatic rings. The molecule has 2 aromatic rings. The van der Waals surface area contributed by atoms with Crippen molar-refractivity contribution in [3.8, 4) is 11.5 Å². The second-order valence-corrected chi connectivity index (χ2v) is 10.3. The number of amides is 2. The molecule has 0 radical (unpaired) electrons. The molecule has 0 spiro atoms. The van der Waals surface area contributed by atoms with Crippen molar-refractivity contribution in [3.05, 3.63) is 88.5 Å². The van der Waals surface area contributed by atoms with Gasteiger partial charge in [0.25, 0.3) is 0 Å². The van der Waals surface area contributed by atoms with Crippen LogP contribution in [-0.4, -0.2) is 34.8 Å². The summed E-state index contributed by atoms with van der Waals surface area (Å²) >= 11 is 0. The summed E-state index contributed by atoms with van der Waals surface area (Å²) in [4.78, 5) is 55.0. The van der Waals surface area contributed by atoms with Crippen molar-refractivity contribution in [3.63, 3.8) is 0 Å². The molecule has 0 unspecified atom stereocenters. The van der Waals surface area contributed by atoms with Gasteiger partial charge in [0, 0.05) is 28.2 Å². The van der Waals surface area contributed by atoms with Gasteiger partial charge in [0.2, 0.25) is 11.8 Å². The molecule has 1 N–H and O–H groups in total. The Hall–Kier alpha value is -4.47. The monoisotopic (exact) mass is 549 g/mol. The van der Waals surface area contributed by atoms with Crippen LogP contribution >= 0.6 is 0 Å². The normalized spacial score (nSPS) is 26.2. The van der Waals surface area contributed by atoms with E-state index in [4.69, 9.17) is 0 Å². The number of anilines is 1. The average Bonchev–Trinajstić information content (AvgIpc) is 3.16. The molecule has 7 nitrogen and oxygen atoms in total. The topological polar surface area (TPSA) is 101 Å². The zero-order valence-corrected chi connectivity index (χ0v) is 21.1. The largest absolute Gasteiger partial charge is 0.573 e. The van der Waals surface area contributed by atoms with Gasteiger partial charge in [0.1, 0.15) is 11.5 Å². The zero-order chi connectivity index (χ0) is 28.5. The summed E-state index contributed by atoms with van der Waals surface area (Å²) in [5.74, 6) is -6.11. The van der Waals surface area contributed by atoms with E-state index in [1.165, 1.54) is 13.0 Å². The molecule has 204 valence electrons. The summed E-state index contributed by atoms with van der Waals surface area (Å²) in [6.07, 6.45) is -1.94. The number of Topliss-reactive ketones (excluding diaryl/α,β-unsaturated/α-hetero) is 1. The van der Waals surface area contributed by atoms with Gasteiger partial charge < -0.3 is 9.84 Å². The fourth-order valence-corrected chi connectivity index (χ4v) is 6.53. The van der Waals surface area contributed by atoms with E-state index in [2.05, 4.69) is 4.74 Å². The standard InChI is InChI=1S/C30H22F3NO6/c1-14-11-23(36)26-21(27(14)37)13-19-17(24(26)20-12-16(7-10-22(20)35)40-30(31,32)33)8-9-18-25(19)29(39)34(28(18)38)15-5-3-2-4-6-15/h2-8,10-12,18-19,24-25,35H,9,13H2,1H3/t18-,19+,24+,25-/m0/s1. The molecular formula is C30H22F3NO6. The lowest BCUT2D eigenvalue weighted by atomic mass is 9.59. The predicted octanol–water partition coefficient (Wildman–Crippen LogP) is 4.92. The Balaban J connectivity index is 1.50. The highest BCUT2D eigenvalue weighted by atomic mass is 19.4. The number of alkyl halides is 3. The Bertz CT molecular complexity index is 1590. The zero-order valence-electron chi connectivity index (χ0n) is 21.1. The van der Waals surface area contributed by atoms with E-state index in [1.54, 1.807) is 36.4 Å². The third-order valence-corrected chi connectivity index (χ3v) is 8.12. The molecule has 1 aliphatic heterocycles.